The molecule has 2 N–H and O–H groups in total. The average Bonchev–Trinajstić information content (AvgIpc) is 2.74. The van der Waals surface area contributed by atoms with Crippen molar-refractivity contribution in [3.8, 4) is 0 Å². The number of aromatic nitrogens is 2. The van der Waals surface area contributed by atoms with Crippen molar-refractivity contribution in [2.45, 2.75) is 25.8 Å². The number of nitrogens with one attached hydrogen (secondary N) is 2. The predicted molar refractivity (Wildman–Crippen MR) is 108 cm³/mol. The lowest BCUT2D eigenvalue weighted by molar-refractivity contribution is 0.0919. The van der Waals surface area contributed by atoms with Crippen molar-refractivity contribution in [3.05, 3.63) is 53.5 Å². The van der Waals surface area contributed by atoms with E-state index in [2.05, 4.69) is 20.6 Å². The summed E-state index contributed by atoms with van der Waals surface area (Å²) in [5.74, 6) is -3.57. The monoisotopic (exact) mass is 453 g/mol. The van der Waals surface area contributed by atoms with E-state index >= 15 is 0 Å². The standard InChI is InChI=1S/C19H21F2N5O4S/c1-2-31(29,30)26-9-5-13(6-10-26)24-19(28)16-17(23-8-7-22-16)25-18(27)14-4-3-12(20)11-15(14)21/h3-4,7-8,11,13H,2,5-6,9-10H2,1H3,(H,24,28)(H,23,25,27). The Morgan fingerprint density at radius 2 is 1.81 bits per heavy atom. The van der Waals surface area contributed by atoms with Crippen molar-refractivity contribution in [1.29, 1.82) is 0 Å². The Labute approximate surface area is 177 Å². The van der Waals surface area contributed by atoms with E-state index in [9.17, 15) is 26.8 Å². The quantitative estimate of drug-likeness (QED) is 0.685. The van der Waals surface area contributed by atoms with Gasteiger partial charge in [-0.05, 0) is 31.9 Å². The highest BCUT2D eigenvalue weighted by Gasteiger charge is 2.28. The fraction of sp³-hybridized carbons (Fsp3) is 0.368. The summed E-state index contributed by atoms with van der Waals surface area (Å²) < 4.78 is 52.2. The summed E-state index contributed by atoms with van der Waals surface area (Å²) in [5.41, 5.74) is -0.593. The number of hydrogen-bond donors (Lipinski definition) is 2. The van der Waals surface area contributed by atoms with Gasteiger partial charge in [-0.15, -0.1) is 0 Å². The highest BCUT2D eigenvalue weighted by Crippen LogP contribution is 2.17. The lowest BCUT2D eigenvalue weighted by Crippen LogP contribution is -2.47. The zero-order valence-electron chi connectivity index (χ0n) is 16.6. The minimum atomic E-state index is -3.28. The van der Waals surface area contributed by atoms with Crippen molar-refractivity contribution >= 4 is 27.7 Å². The van der Waals surface area contributed by atoms with Crippen LogP contribution in [0.1, 0.15) is 40.6 Å². The van der Waals surface area contributed by atoms with Gasteiger partial charge in [0.1, 0.15) is 11.6 Å². The van der Waals surface area contributed by atoms with Gasteiger partial charge in [0.25, 0.3) is 11.8 Å². The molecule has 0 radical (unpaired) electrons. The first-order chi connectivity index (χ1) is 14.7. The molecule has 31 heavy (non-hydrogen) atoms. The van der Waals surface area contributed by atoms with Gasteiger partial charge >= 0.3 is 0 Å². The molecule has 1 aromatic heterocycles. The zero-order chi connectivity index (χ0) is 22.6. The van der Waals surface area contributed by atoms with E-state index in [1.54, 1.807) is 6.92 Å². The van der Waals surface area contributed by atoms with Crippen molar-refractivity contribution in [1.82, 2.24) is 19.6 Å². The van der Waals surface area contributed by atoms with Crippen LogP contribution in [0.2, 0.25) is 0 Å². The second-order valence-electron chi connectivity index (χ2n) is 6.88. The van der Waals surface area contributed by atoms with Crippen LogP contribution in [-0.4, -0.2) is 59.4 Å². The molecule has 0 spiro atoms. The summed E-state index contributed by atoms with van der Waals surface area (Å²) in [7, 11) is -3.28. The molecule has 1 aliphatic rings. The Morgan fingerprint density at radius 3 is 2.45 bits per heavy atom. The van der Waals surface area contributed by atoms with Crippen LogP contribution < -0.4 is 10.6 Å². The summed E-state index contributed by atoms with van der Waals surface area (Å²) in [6.07, 6.45) is 3.36. The van der Waals surface area contributed by atoms with Crippen LogP contribution in [0.3, 0.4) is 0 Å². The highest BCUT2D eigenvalue weighted by atomic mass is 32.2. The molecule has 0 bridgehead atoms. The predicted octanol–water partition coefficient (Wildman–Crippen LogP) is 1.55. The zero-order valence-corrected chi connectivity index (χ0v) is 17.5. The summed E-state index contributed by atoms with van der Waals surface area (Å²) in [5, 5.41) is 5.08. The van der Waals surface area contributed by atoms with Crippen LogP contribution in [0.15, 0.2) is 30.6 Å². The number of rotatable bonds is 6. The van der Waals surface area contributed by atoms with Crippen LogP contribution in [-0.2, 0) is 10.0 Å². The van der Waals surface area contributed by atoms with E-state index in [0.717, 1.165) is 12.1 Å². The van der Waals surface area contributed by atoms with Gasteiger partial charge in [-0.3, -0.25) is 9.59 Å². The molecule has 12 heteroatoms. The third-order valence-corrected chi connectivity index (χ3v) is 6.75. The molecular formula is C19H21F2N5O4S. The molecule has 0 atom stereocenters. The molecule has 9 nitrogen and oxygen atoms in total. The van der Waals surface area contributed by atoms with Gasteiger partial charge < -0.3 is 10.6 Å². The summed E-state index contributed by atoms with van der Waals surface area (Å²) in [6.45, 7) is 2.15. The van der Waals surface area contributed by atoms with Gasteiger partial charge in [-0.1, -0.05) is 0 Å². The number of sulfonamides is 1. The number of piperidine rings is 1. The largest absolute Gasteiger partial charge is 0.348 e. The number of halogens is 2. The molecule has 0 aliphatic carbocycles. The molecule has 3 rings (SSSR count). The van der Waals surface area contributed by atoms with Gasteiger partial charge in [0, 0.05) is 37.6 Å². The van der Waals surface area contributed by atoms with E-state index < -0.39 is 39.0 Å². The van der Waals surface area contributed by atoms with Crippen LogP contribution in [0.4, 0.5) is 14.6 Å². The number of anilines is 1. The van der Waals surface area contributed by atoms with E-state index in [0.29, 0.717) is 18.9 Å². The van der Waals surface area contributed by atoms with Gasteiger partial charge in [0.2, 0.25) is 10.0 Å². The molecule has 2 aromatic rings. The molecular weight excluding hydrogens is 432 g/mol. The van der Waals surface area contributed by atoms with E-state index in [-0.39, 0.29) is 36.4 Å². The maximum absolute atomic E-state index is 13.8. The fourth-order valence-electron chi connectivity index (χ4n) is 3.16. The number of amides is 2. The van der Waals surface area contributed by atoms with Crippen LogP contribution in [0, 0.1) is 11.6 Å². The summed E-state index contributed by atoms with van der Waals surface area (Å²) >= 11 is 0. The molecule has 166 valence electrons. The molecule has 1 aromatic carbocycles. The van der Waals surface area contributed by atoms with Gasteiger partial charge in [0.05, 0.1) is 11.3 Å². The Bertz CT molecular complexity index is 1090. The van der Waals surface area contributed by atoms with Gasteiger partial charge in [-0.2, -0.15) is 0 Å². The van der Waals surface area contributed by atoms with Gasteiger partial charge in [-0.25, -0.2) is 31.5 Å². The second kappa shape index (κ2) is 9.43. The van der Waals surface area contributed by atoms with E-state index in [1.165, 1.54) is 16.7 Å². The van der Waals surface area contributed by atoms with Crippen LogP contribution in [0.25, 0.3) is 0 Å². The fourth-order valence-corrected chi connectivity index (χ4v) is 4.29. The first kappa shape index (κ1) is 22.7. The number of carbonyl (C=O) groups excluding carboxylic acids is 2. The van der Waals surface area contributed by atoms with Crippen LogP contribution in [0.5, 0.6) is 0 Å². The maximum atomic E-state index is 13.8. The topological polar surface area (TPSA) is 121 Å². The minimum absolute atomic E-state index is 0.0152. The lowest BCUT2D eigenvalue weighted by Gasteiger charge is -2.31. The number of nitrogens with zero attached hydrogens (tertiary/aromatic N) is 3. The first-order valence-corrected chi connectivity index (χ1v) is 11.2. The molecule has 2 amide bonds. The SMILES string of the molecule is CCS(=O)(=O)N1CCC(NC(=O)c2nccnc2NC(=O)c2ccc(F)cc2F)CC1. The Hall–Kier alpha value is -2.99. The van der Waals surface area contributed by atoms with Gasteiger partial charge in [0.15, 0.2) is 11.5 Å². The smallest absolute Gasteiger partial charge is 0.273 e. The Kier molecular flexibility index (Phi) is 6.91. The maximum Gasteiger partial charge on any atom is 0.273 e. The van der Waals surface area contributed by atoms with Crippen molar-refractivity contribution < 1.29 is 26.8 Å². The van der Waals surface area contributed by atoms with Crippen LogP contribution >= 0.6 is 0 Å². The molecule has 2 heterocycles. The molecule has 1 saturated heterocycles. The molecule has 0 saturated carbocycles. The van der Waals surface area contributed by atoms with E-state index in [4.69, 9.17) is 0 Å². The lowest BCUT2D eigenvalue weighted by atomic mass is 10.1. The highest BCUT2D eigenvalue weighted by molar-refractivity contribution is 7.89. The third kappa shape index (κ3) is 5.39. The molecule has 1 aliphatic heterocycles. The van der Waals surface area contributed by atoms with Crippen molar-refractivity contribution in [3.63, 3.8) is 0 Å². The Balaban J connectivity index is 1.67. The first-order valence-electron chi connectivity index (χ1n) is 9.57. The van der Waals surface area contributed by atoms with Crippen molar-refractivity contribution in [2.24, 2.45) is 0 Å². The number of benzene rings is 1. The Morgan fingerprint density at radius 1 is 1.13 bits per heavy atom. The minimum Gasteiger partial charge on any atom is -0.348 e. The third-order valence-electron chi connectivity index (χ3n) is 4.87. The second-order valence-corrected chi connectivity index (χ2v) is 9.14. The van der Waals surface area contributed by atoms with Crippen molar-refractivity contribution in [2.75, 3.05) is 24.2 Å². The summed E-state index contributed by atoms with van der Waals surface area (Å²) in [4.78, 5) is 32.9. The number of hydrogen-bond acceptors (Lipinski definition) is 6. The summed E-state index contributed by atoms with van der Waals surface area (Å²) in [6, 6.07) is 2.21. The molecule has 0 unspecified atom stereocenters. The van der Waals surface area contributed by atoms with E-state index in [1.807, 2.05) is 0 Å². The average molecular weight is 453 g/mol. The normalized spacial score (nSPS) is 15.5. The molecule has 1 fully saturated rings. The number of carbonyl (C=O) groups is 2.